The van der Waals surface area contributed by atoms with Gasteiger partial charge < -0.3 is 5.32 Å². The molecule has 1 saturated heterocycles. The van der Waals surface area contributed by atoms with E-state index < -0.39 is 10.0 Å². The minimum absolute atomic E-state index is 0.00404. The number of hydrogen-bond acceptors (Lipinski definition) is 4. The highest BCUT2D eigenvalue weighted by atomic mass is 32.2. The number of hydrogen-bond donors (Lipinski definition) is 1. The highest BCUT2D eigenvalue weighted by Gasteiger charge is 2.28. The summed E-state index contributed by atoms with van der Waals surface area (Å²) >= 11 is 0. The van der Waals surface area contributed by atoms with Crippen LogP contribution in [-0.4, -0.2) is 53.8 Å². The van der Waals surface area contributed by atoms with Gasteiger partial charge in [-0.25, -0.2) is 8.42 Å². The Morgan fingerprint density at radius 3 is 2.64 bits per heavy atom. The Bertz CT molecular complexity index is 712. The predicted molar refractivity (Wildman–Crippen MR) is 97.8 cm³/mol. The fraction of sp³-hybridized carbons (Fsp3) is 0.765. The number of rotatable bonds is 7. The lowest BCUT2D eigenvalue weighted by Gasteiger charge is -2.33. The van der Waals surface area contributed by atoms with Crippen LogP contribution in [0.3, 0.4) is 0 Å². The highest BCUT2D eigenvalue weighted by Crippen LogP contribution is 2.22. The maximum Gasteiger partial charge on any atom is 0.220 e. The van der Waals surface area contributed by atoms with Crippen LogP contribution in [0, 0.1) is 13.8 Å². The Morgan fingerprint density at radius 2 is 2.04 bits per heavy atom. The molecule has 1 aromatic heterocycles. The Hall–Kier alpha value is -1.41. The Morgan fingerprint density at radius 1 is 1.32 bits per heavy atom. The van der Waals surface area contributed by atoms with E-state index in [1.54, 1.807) is 4.31 Å². The van der Waals surface area contributed by atoms with E-state index in [9.17, 15) is 13.2 Å². The molecule has 1 amide bonds. The van der Waals surface area contributed by atoms with Gasteiger partial charge in [0, 0.05) is 38.3 Å². The maximum absolute atomic E-state index is 12.1. The molecule has 25 heavy (non-hydrogen) atoms. The second-order valence-electron chi connectivity index (χ2n) is 6.93. The van der Waals surface area contributed by atoms with Crippen LogP contribution in [0.15, 0.2) is 0 Å². The number of nitrogens with one attached hydrogen (secondary N) is 1. The van der Waals surface area contributed by atoms with Gasteiger partial charge in [0.15, 0.2) is 0 Å². The van der Waals surface area contributed by atoms with Crippen molar-refractivity contribution in [2.45, 2.75) is 58.4 Å². The van der Waals surface area contributed by atoms with Crippen LogP contribution in [0.1, 0.15) is 49.1 Å². The Balaban J connectivity index is 1.78. The van der Waals surface area contributed by atoms with Gasteiger partial charge in [-0.2, -0.15) is 9.40 Å². The first-order chi connectivity index (χ1) is 11.7. The summed E-state index contributed by atoms with van der Waals surface area (Å²) in [6.07, 6.45) is 5.87. The lowest BCUT2D eigenvalue weighted by molar-refractivity contribution is -0.121. The second-order valence-corrected chi connectivity index (χ2v) is 8.87. The minimum atomic E-state index is -3.17. The van der Waals surface area contributed by atoms with Crippen molar-refractivity contribution in [1.29, 1.82) is 0 Å². The van der Waals surface area contributed by atoms with E-state index >= 15 is 0 Å². The molecule has 1 N–H and O–H groups in total. The van der Waals surface area contributed by atoms with Gasteiger partial charge in [0.1, 0.15) is 0 Å². The Labute approximate surface area is 150 Å². The Kier molecular flexibility index (Phi) is 6.62. The molecule has 7 nitrogen and oxygen atoms in total. The summed E-state index contributed by atoms with van der Waals surface area (Å²) in [7, 11) is -1.26. The second kappa shape index (κ2) is 8.31. The van der Waals surface area contributed by atoms with Crippen LogP contribution in [0.5, 0.6) is 0 Å². The number of nitrogens with zero attached hydrogens (tertiary/aromatic N) is 3. The van der Waals surface area contributed by atoms with Crippen molar-refractivity contribution in [3.05, 3.63) is 17.0 Å². The van der Waals surface area contributed by atoms with Crippen molar-refractivity contribution in [3.8, 4) is 0 Å². The largest absolute Gasteiger partial charge is 0.356 e. The molecule has 142 valence electrons. The van der Waals surface area contributed by atoms with Crippen molar-refractivity contribution in [2.75, 3.05) is 19.3 Å². The third kappa shape index (κ3) is 5.28. The van der Waals surface area contributed by atoms with Gasteiger partial charge in [-0.1, -0.05) is 6.42 Å². The van der Waals surface area contributed by atoms with Gasteiger partial charge in [0.05, 0.1) is 11.9 Å². The molecule has 8 heteroatoms. The van der Waals surface area contributed by atoms with Gasteiger partial charge in [-0.05, 0) is 45.1 Å². The van der Waals surface area contributed by atoms with E-state index in [4.69, 9.17) is 0 Å². The zero-order valence-corrected chi connectivity index (χ0v) is 16.5. The zero-order valence-electron chi connectivity index (χ0n) is 15.7. The van der Waals surface area contributed by atoms with E-state index in [-0.39, 0.29) is 11.9 Å². The summed E-state index contributed by atoms with van der Waals surface area (Å²) in [5.74, 6) is 0.00404. The van der Waals surface area contributed by atoms with E-state index in [1.807, 2.05) is 25.6 Å². The number of sulfonamides is 1. The topological polar surface area (TPSA) is 84.3 Å². The summed E-state index contributed by atoms with van der Waals surface area (Å²) in [6, 6.07) is 0.00635. The molecule has 1 atom stereocenters. The standard InChI is InChI=1S/C17H30N4O3S/c1-13-16(14(2)20(3)19-13)8-9-17(22)18-11-10-15-7-5-6-12-21(15)25(4,23)24/h15H,5-12H2,1-4H3,(H,18,22). The molecule has 1 fully saturated rings. The average Bonchev–Trinajstić information content (AvgIpc) is 2.77. The van der Waals surface area contributed by atoms with Gasteiger partial charge in [0.2, 0.25) is 15.9 Å². The average molecular weight is 371 g/mol. The van der Waals surface area contributed by atoms with Crippen molar-refractivity contribution >= 4 is 15.9 Å². The lowest BCUT2D eigenvalue weighted by atomic mass is 10.0. The van der Waals surface area contributed by atoms with E-state index in [0.29, 0.717) is 32.4 Å². The van der Waals surface area contributed by atoms with Gasteiger partial charge in [-0.15, -0.1) is 0 Å². The number of aryl methyl sites for hydroxylation is 2. The molecule has 2 heterocycles. The first-order valence-corrected chi connectivity index (χ1v) is 10.8. The number of carbonyl (C=O) groups excluding carboxylic acids is 1. The van der Waals surface area contributed by atoms with Gasteiger partial charge in [-0.3, -0.25) is 9.48 Å². The highest BCUT2D eigenvalue weighted by molar-refractivity contribution is 7.88. The molecule has 0 radical (unpaired) electrons. The summed E-state index contributed by atoms with van der Waals surface area (Å²) in [5, 5.41) is 7.30. The van der Waals surface area contributed by atoms with Gasteiger partial charge in [0.25, 0.3) is 0 Å². The monoisotopic (exact) mass is 370 g/mol. The van der Waals surface area contributed by atoms with Crippen molar-refractivity contribution in [2.24, 2.45) is 7.05 Å². The van der Waals surface area contributed by atoms with Crippen molar-refractivity contribution in [1.82, 2.24) is 19.4 Å². The number of amides is 1. The van der Waals surface area contributed by atoms with E-state index in [1.165, 1.54) is 6.26 Å². The number of carbonyl (C=O) groups is 1. The first-order valence-electron chi connectivity index (χ1n) is 8.92. The quantitative estimate of drug-likeness (QED) is 0.784. The van der Waals surface area contributed by atoms with Crippen molar-refractivity contribution in [3.63, 3.8) is 0 Å². The normalized spacial score (nSPS) is 19.1. The summed E-state index contributed by atoms with van der Waals surface area (Å²) in [6.45, 7) is 5.08. The molecule has 0 aromatic carbocycles. The van der Waals surface area contributed by atoms with Crippen LogP contribution >= 0.6 is 0 Å². The first kappa shape index (κ1) is 19.9. The minimum Gasteiger partial charge on any atom is -0.356 e. The van der Waals surface area contributed by atoms with Crippen LogP contribution in [0.25, 0.3) is 0 Å². The van der Waals surface area contributed by atoms with Crippen LogP contribution in [0.2, 0.25) is 0 Å². The summed E-state index contributed by atoms with van der Waals surface area (Å²) < 4.78 is 27.1. The number of piperidine rings is 1. The summed E-state index contributed by atoms with van der Waals surface area (Å²) in [4.78, 5) is 12.1. The smallest absolute Gasteiger partial charge is 0.220 e. The molecule has 0 aliphatic carbocycles. The molecule has 1 aromatic rings. The molecular formula is C17H30N4O3S. The fourth-order valence-electron chi connectivity index (χ4n) is 3.58. The van der Waals surface area contributed by atoms with E-state index in [2.05, 4.69) is 10.4 Å². The molecule has 1 unspecified atom stereocenters. The molecule has 2 rings (SSSR count). The molecule has 0 bridgehead atoms. The predicted octanol–water partition coefficient (Wildman–Crippen LogP) is 1.29. The van der Waals surface area contributed by atoms with Crippen LogP contribution in [0.4, 0.5) is 0 Å². The maximum atomic E-state index is 12.1. The third-order valence-corrected chi connectivity index (χ3v) is 6.39. The third-order valence-electron chi connectivity index (χ3n) is 5.06. The summed E-state index contributed by atoms with van der Waals surface area (Å²) in [5.41, 5.74) is 3.20. The number of aromatic nitrogens is 2. The zero-order chi connectivity index (χ0) is 18.6. The van der Waals surface area contributed by atoms with Crippen LogP contribution in [-0.2, 0) is 28.3 Å². The molecule has 0 spiro atoms. The molecule has 0 saturated carbocycles. The lowest BCUT2D eigenvalue weighted by Crippen LogP contribution is -2.44. The molecule has 1 aliphatic heterocycles. The van der Waals surface area contributed by atoms with Crippen LogP contribution < -0.4 is 5.32 Å². The van der Waals surface area contributed by atoms with Gasteiger partial charge >= 0.3 is 0 Å². The SMILES string of the molecule is Cc1nn(C)c(C)c1CCC(=O)NCCC1CCCCN1S(C)(=O)=O. The molecular weight excluding hydrogens is 340 g/mol. The van der Waals surface area contributed by atoms with E-state index in [0.717, 1.165) is 36.2 Å². The fourth-order valence-corrected chi connectivity index (χ4v) is 4.80. The molecule has 1 aliphatic rings. The van der Waals surface area contributed by atoms with Crippen molar-refractivity contribution < 1.29 is 13.2 Å².